The third-order valence-electron chi connectivity index (χ3n) is 5.51. The SMILES string of the molecule is OC(COc1ccc(Cc2ccc(OCC(O)CSc3ccccc3)cc2)cc1)CSc1ccccc1. The number of benzene rings is 4. The van der Waals surface area contributed by atoms with Crippen LogP contribution < -0.4 is 9.47 Å². The third kappa shape index (κ3) is 9.82. The van der Waals surface area contributed by atoms with Crippen molar-refractivity contribution in [3.8, 4) is 11.5 Å². The molecule has 0 saturated carbocycles. The summed E-state index contributed by atoms with van der Waals surface area (Å²) in [7, 11) is 0. The Kier molecular flexibility index (Phi) is 10.8. The van der Waals surface area contributed by atoms with Crippen molar-refractivity contribution in [3.63, 3.8) is 0 Å². The maximum Gasteiger partial charge on any atom is 0.119 e. The topological polar surface area (TPSA) is 58.9 Å². The molecular weight excluding hydrogens is 500 g/mol. The highest BCUT2D eigenvalue weighted by Crippen LogP contribution is 2.21. The Hall–Kier alpha value is -2.90. The van der Waals surface area contributed by atoms with Gasteiger partial charge in [0.1, 0.15) is 24.7 Å². The van der Waals surface area contributed by atoms with Gasteiger partial charge in [-0.3, -0.25) is 0 Å². The van der Waals surface area contributed by atoms with Gasteiger partial charge in [-0.1, -0.05) is 60.7 Å². The van der Waals surface area contributed by atoms with Crippen LogP contribution in [-0.2, 0) is 6.42 Å². The first-order valence-electron chi connectivity index (χ1n) is 12.3. The lowest BCUT2D eigenvalue weighted by Gasteiger charge is -2.13. The van der Waals surface area contributed by atoms with Gasteiger partial charge in [0.25, 0.3) is 0 Å². The number of rotatable bonds is 14. The molecule has 0 aliphatic heterocycles. The average molecular weight is 533 g/mol. The van der Waals surface area contributed by atoms with E-state index in [1.807, 2.05) is 109 Å². The van der Waals surface area contributed by atoms with Gasteiger partial charge >= 0.3 is 0 Å². The predicted molar refractivity (Wildman–Crippen MR) is 153 cm³/mol. The molecule has 6 heteroatoms. The minimum atomic E-state index is -0.533. The van der Waals surface area contributed by atoms with Crippen LogP contribution in [0.1, 0.15) is 11.1 Å². The summed E-state index contributed by atoms with van der Waals surface area (Å²) in [5, 5.41) is 20.4. The van der Waals surface area contributed by atoms with Crippen molar-refractivity contribution in [3.05, 3.63) is 120 Å². The largest absolute Gasteiger partial charge is 0.491 e. The van der Waals surface area contributed by atoms with E-state index in [9.17, 15) is 10.2 Å². The lowest BCUT2D eigenvalue weighted by atomic mass is 10.0. The lowest BCUT2D eigenvalue weighted by Crippen LogP contribution is -2.20. The van der Waals surface area contributed by atoms with Crippen LogP contribution in [0.5, 0.6) is 11.5 Å². The number of hydrogen-bond donors (Lipinski definition) is 2. The van der Waals surface area contributed by atoms with Gasteiger partial charge in [0.15, 0.2) is 0 Å². The molecule has 4 nitrogen and oxygen atoms in total. The fourth-order valence-electron chi connectivity index (χ4n) is 3.54. The van der Waals surface area contributed by atoms with Crippen molar-refractivity contribution in [2.24, 2.45) is 0 Å². The predicted octanol–water partition coefficient (Wildman–Crippen LogP) is 6.34. The summed E-state index contributed by atoms with van der Waals surface area (Å²) in [6.45, 7) is 0.528. The standard InChI is InChI=1S/C31H32O4S2/c32-26(22-36-30-7-3-1-4-8-30)20-34-28-15-11-24(12-16-28)19-25-13-17-29(18-14-25)35-21-27(33)23-37-31-9-5-2-6-10-31/h1-18,26-27,32-33H,19-23H2. The molecule has 0 aliphatic carbocycles. The van der Waals surface area contributed by atoms with E-state index >= 15 is 0 Å². The molecule has 0 spiro atoms. The van der Waals surface area contributed by atoms with Crippen molar-refractivity contribution in [2.75, 3.05) is 24.7 Å². The zero-order valence-corrected chi connectivity index (χ0v) is 22.2. The first kappa shape index (κ1) is 27.1. The van der Waals surface area contributed by atoms with Crippen LogP contribution in [0.4, 0.5) is 0 Å². The molecule has 0 heterocycles. The maximum atomic E-state index is 10.2. The molecule has 0 aromatic heterocycles. The summed E-state index contributed by atoms with van der Waals surface area (Å²) in [4.78, 5) is 2.28. The molecule has 2 unspecified atom stereocenters. The van der Waals surface area contributed by atoms with E-state index in [0.29, 0.717) is 11.5 Å². The van der Waals surface area contributed by atoms with E-state index in [4.69, 9.17) is 9.47 Å². The molecule has 0 aliphatic rings. The number of aliphatic hydroxyl groups excluding tert-OH is 2. The zero-order chi connectivity index (χ0) is 25.7. The van der Waals surface area contributed by atoms with E-state index in [1.165, 1.54) is 11.1 Å². The van der Waals surface area contributed by atoms with Crippen LogP contribution >= 0.6 is 23.5 Å². The van der Waals surface area contributed by atoms with Crippen molar-refractivity contribution in [1.82, 2.24) is 0 Å². The van der Waals surface area contributed by atoms with E-state index in [0.717, 1.165) is 27.7 Å². The monoisotopic (exact) mass is 532 g/mol. The Bertz CT molecular complexity index is 1070. The number of aliphatic hydroxyl groups is 2. The molecule has 192 valence electrons. The first-order valence-corrected chi connectivity index (χ1v) is 14.3. The average Bonchev–Trinajstić information content (AvgIpc) is 2.95. The summed E-state index contributed by atoms with van der Waals surface area (Å²) in [6.07, 6.45) is -0.267. The zero-order valence-electron chi connectivity index (χ0n) is 20.6. The highest BCUT2D eigenvalue weighted by Gasteiger charge is 2.08. The highest BCUT2D eigenvalue weighted by molar-refractivity contribution is 7.99. The van der Waals surface area contributed by atoms with E-state index in [2.05, 4.69) is 0 Å². The molecule has 4 rings (SSSR count). The van der Waals surface area contributed by atoms with E-state index in [1.54, 1.807) is 23.5 Å². The van der Waals surface area contributed by atoms with Crippen molar-refractivity contribution in [1.29, 1.82) is 0 Å². The Balaban J connectivity index is 1.15. The first-order chi connectivity index (χ1) is 18.1. The van der Waals surface area contributed by atoms with Gasteiger partial charge in [-0.2, -0.15) is 0 Å². The van der Waals surface area contributed by atoms with Gasteiger partial charge in [0.05, 0.1) is 12.2 Å². The van der Waals surface area contributed by atoms with Crippen molar-refractivity contribution >= 4 is 23.5 Å². The molecular formula is C31H32O4S2. The maximum absolute atomic E-state index is 10.2. The second-order valence-electron chi connectivity index (χ2n) is 8.64. The summed E-state index contributed by atoms with van der Waals surface area (Å²) in [5.74, 6) is 2.68. The molecule has 0 radical (unpaired) electrons. The van der Waals surface area contributed by atoms with Gasteiger partial charge < -0.3 is 19.7 Å². The Morgan fingerprint density at radius 2 is 0.892 bits per heavy atom. The minimum absolute atomic E-state index is 0.264. The summed E-state index contributed by atoms with van der Waals surface area (Å²) in [5.41, 5.74) is 2.35. The minimum Gasteiger partial charge on any atom is -0.491 e. The summed E-state index contributed by atoms with van der Waals surface area (Å²) >= 11 is 3.24. The fraction of sp³-hybridized carbons (Fsp3) is 0.226. The fourth-order valence-corrected chi connectivity index (χ4v) is 5.20. The van der Waals surface area contributed by atoms with Crippen molar-refractivity contribution < 1.29 is 19.7 Å². The molecule has 2 N–H and O–H groups in total. The normalized spacial score (nSPS) is 12.6. The van der Waals surface area contributed by atoms with Gasteiger partial charge in [0.2, 0.25) is 0 Å². The molecule has 2 atom stereocenters. The van der Waals surface area contributed by atoms with Crippen LogP contribution in [0, 0.1) is 0 Å². The molecule has 0 saturated heterocycles. The number of ether oxygens (including phenoxy) is 2. The van der Waals surface area contributed by atoms with Crippen LogP contribution in [0.25, 0.3) is 0 Å². The smallest absolute Gasteiger partial charge is 0.119 e. The van der Waals surface area contributed by atoms with E-state index < -0.39 is 12.2 Å². The van der Waals surface area contributed by atoms with Crippen molar-refractivity contribution in [2.45, 2.75) is 28.4 Å². The summed E-state index contributed by atoms with van der Waals surface area (Å²) < 4.78 is 11.5. The molecule has 0 amide bonds. The van der Waals surface area contributed by atoms with Gasteiger partial charge in [-0.15, -0.1) is 23.5 Å². The van der Waals surface area contributed by atoms with Crippen LogP contribution in [0.15, 0.2) is 119 Å². The highest BCUT2D eigenvalue weighted by atomic mass is 32.2. The second kappa shape index (κ2) is 14.7. The molecule has 4 aromatic carbocycles. The Morgan fingerprint density at radius 1 is 0.514 bits per heavy atom. The van der Waals surface area contributed by atoms with Crippen LogP contribution in [0.2, 0.25) is 0 Å². The molecule has 37 heavy (non-hydrogen) atoms. The summed E-state index contributed by atoms with van der Waals surface area (Å²) in [6, 6.07) is 36.1. The van der Waals surface area contributed by atoms with E-state index in [-0.39, 0.29) is 13.2 Å². The number of hydrogen-bond acceptors (Lipinski definition) is 6. The quantitative estimate of drug-likeness (QED) is 0.185. The van der Waals surface area contributed by atoms with Gasteiger partial charge in [-0.25, -0.2) is 0 Å². The molecule has 0 bridgehead atoms. The Morgan fingerprint density at radius 3 is 1.27 bits per heavy atom. The molecule has 0 fully saturated rings. The number of thioether (sulfide) groups is 2. The van der Waals surface area contributed by atoms with Crippen LogP contribution in [0.3, 0.4) is 0 Å². The Labute approximate surface area is 227 Å². The van der Waals surface area contributed by atoms with Crippen LogP contribution in [-0.4, -0.2) is 47.1 Å². The van der Waals surface area contributed by atoms with Gasteiger partial charge in [-0.05, 0) is 66.1 Å². The van der Waals surface area contributed by atoms with Gasteiger partial charge in [0, 0.05) is 21.3 Å². The third-order valence-corrected chi connectivity index (χ3v) is 7.82. The molecule has 4 aromatic rings. The lowest BCUT2D eigenvalue weighted by molar-refractivity contribution is 0.126. The second-order valence-corrected chi connectivity index (χ2v) is 10.8.